The number of likely N-dealkylation sites (tertiary alicyclic amines) is 1. The van der Waals surface area contributed by atoms with Gasteiger partial charge in [0.2, 0.25) is 5.91 Å². The van der Waals surface area contributed by atoms with Gasteiger partial charge < -0.3 is 9.64 Å². The van der Waals surface area contributed by atoms with Gasteiger partial charge in [0, 0.05) is 25.5 Å². The first kappa shape index (κ1) is 14.8. The Morgan fingerprint density at radius 2 is 2.10 bits per heavy atom. The second-order valence-electron chi connectivity index (χ2n) is 6.43. The minimum absolute atomic E-state index is 0.0647. The van der Waals surface area contributed by atoms with Crippen molar-refractivity contribution in [2.24, 2.45) is 11.8 Å². The third kappa shape index (κ3) is 3.37. The molecular weight excluding hydrogens is 272 g/mol. The highest BCUT2D eigenvalue weighted by molar-refractivity contribution is 5.89. The van der Waals surface area contributed by atoms with E-state index in [4.69, 9.17) is 9.57 Å². The normalized spacial score (nSPS) is 35.6. The summed E-state index contributed by atoms with van der Waals surface area (Å²) in [5.41, 5.74) is 2.54. The summed E-state index contributed by atoms with van der Waals surface area (Å²) in [6, 6.07) is -0.374. The maximum atomic E-state index is 12.4. The molecule has 21 heavy (non-hydrogen) atoms. The maximum Gasteiger partial charge on any atom is 0.266 e. The van der Waals surface area contributed by atoms with Gasteiger partial charge in [0.1, 0.15) is 12.1 Å². The van der Waals surface area contributed by atoms with E-state index in [1.165, 1.54) is 0 Å². The molecule has 4 unspecified atom stereocenters. The van der Waals surface area contributed by atoms with Gasteiger partial charge in [0.05, 0.1) is 6.61 Å². The number of ether oxygens (including phenoxy) is 1. The molecule has 0 aromatic carbocycles. The molecule has 0 aromatic rings. The van der Waals surface area contributed by atoms with E-state index in [1.807, 2.05) is 0 Å². The van der Waals surface area contributed by atoms with Gasteiger partial charge in [-0.1, -0.05) is 6.92 Å². The van der Waals surface area contributed by atoms with Gasteiger partial charge in [0.25, 0.3) is 5.91 Å². The van der Waals surface area contributed by atoms with Crippen molar-refractivity contribution in [3.05, 3.63) is 0 Å². The molecule has 3 rings (SSSR count). The van der Waals surface area contributed by atoms with Crippen LogP contribution in [0, 0.1) is 11.8 Å². The Bertz CT molecular complexity index is 408. The Morgan fingerprint density at radius 1 is 1.29 bits per heavy atom. The van der Waals surface area contributed by atoms with Crippen LogP contribution in [-0.4, -0.2) is 48.6 Å². The SMILES string of the molecule is CC1CC1C(=O)N1CCCCC1C(=O)NOC1CCOC1. The molecule has 0 bridgehead atoms. The molecule has 1 aliphatic carbocycles. The van der Waals surface area contributed by atoms with E-state index in [9.17, 15) is 9.59 Å². The van der Waals surface area contributed by atoms with E-state index in [-0.39, 0.29) is 29.9 Å². The van der Waals surface area contributed by atoms with Crippen molar-refractivity contribution in [1.29, 1.82) is 0 Å². The van der Waals surface area contributed by atoms with E-state index < -0.39 is 0 Å². The molecule has 4 atom stereocenters. The molecule has 0 radical (unpaired) electrons. The lowest BCUT2D eigenvalue weighted by molar-refractivity contribution is -0.152. The van der Waals surface area contributed by atoms with Crippen molar-refractivity contribution in [2.75, 3.05) is 19.8 Å². The average molecular weight is 296 g/mol. The number of hydrogen-bond acceptors (Lipinski definition) is 4. The van der Waals surface area contributed by atoms with Crippen LogP contribution < -0.4 is 5.48 Å². The first-order chi connectivity index (χ1) is 10.2. The summed E-state index contributed by atoms with van der Waals surface area (Å²) in [7, 11) is 0. The van der Waals surface area contributed by atoms with Gasteiger partial charge in [-0.05, 0) is 31.6 Å². The largest absolute Gasteiger partial charge is 0.379 e. The molecule has 2 aliphatic heterocycles. The summed E-state index contributed by atoms with van der Waals surface area (Å²) >= 11 is 0. The Balaban J connectivity index is 1.55. The monoisotopic (exact) mass is 296 g/mol. The van der Waals surface area contributed by atoms with E-state index in [2.05, 4.69) is 12.4 Å². The van der Waals surface area contributed by atoms with Gasteiger partial charge >= 0.3 is 0 Å². The van der Waals surface area contributed by atoms with Crippen molar-refractivity contribution >= 4 is 11.8 Å². The number of hydrogen-bond donors (Lipinski definition) is 1. The fourth-order valence-electron chi connectivity index (χ4n) is 3.16. The van der Waals surface area contributed by atoms with Crippen LogP contribution in [0.25, 0.3) is 0 Å². The van der Waals surface area contributed by atoms with Crippen LogP contribution in [0.2, 0.25) is 0 Å². The summed E-state index contributed by atoms with van der Waals surface area (Å²) in [6.07, 6.45) is 4.38. The highest BCUT2D eigenvalue weighted by Crippen LogP contribution is 2.40. The average Bonchev–Trinajstić information content (AvgIpc) is 3.02. The second kappa shape index (κ2) is 6.32. The van der Waals surface area contributed by atoms with Gasteiger partial charge in [-0.15, -0.1) is 0 Å². The van der Waals surface area contributed by atoms with Crippen molar-refractivity contribution in [2.45, 2.75) is 51.2 Å². The second-order valence-corrected chi connectivity index (χ2v) is 6.43. The maximum absolute atomic E-state index is 12.4. The molecule has 3 aliphatic rings. The molecule has 6 nitrogen and oxygen atoms in total. The van der Waals surface area contributed by atoms with Crippen molar-refractivity contribution in [3.8, 4) is 0 Å². The van der Waals surface area contributed by atoms with Gasteiger partial charge in [-0.3, -0.25) is 14.4 Å². The molecule has 118 valence electrons. The minimum atomic E-state index is -0.374. The third-order valence-electron chi connectivity index (χ3n) is 4.73. The van der Waals surface area contributed by atoms with Gasteiger partial charge in [0.15, 0.2) is 0 Å². The zero-order valence-electron chi connectivity index (χ0n) is 12.5. The minimum Gasteiger partial charge on any atom is -0.379 e. The fourth-order valence-corrected chi connectivity index (χ4v) is 3.16. The quantitative estimate of drug-likeness (QED) is 0.781. The molecule has 2 saturated heterocycles. The Hall–Kier alpha value is -1.14. The van der Waals surface area contributed by atoms with Crippen LogP contribution in [0.3, 0.4) is 0 Å². The number of carbonyl (C=O) groups is 2. The predicted octanol–water partition coefficient (Wildman–Crippen LogP) is 0.860. The van der Waals surface area contributed by atoms with Gasteiger partial charge in [-0.2, -0.15) is 0 Å². The lowest BCUT2D eigenvalue weighted by Gasteiger charge is -2.35. The zero-order chi connectivity index (χ0) is 14.8. The Morgan fingerprint density at radius 3 is 2.76 bits per heavy atom. The van der Waals surface area contributed by atoms with Crippen molar-refractivity contribution in [1.82, 2.24) is 10.4 Å². The Labute approximate surface area is 125 Å². The van der Waals surface area contributed by atoms with Crippen LogP contribution in [0.4, 0.5) is 0 Å². The number of carbonyl (C=O) groups excluding carboxylic acids is 2. The van der Waals surface area contributed by atoms with Crippen LogP contribution >= 0.6 is 0 Å². The lowest BCUT2D eigenvalue weighted by atomic mass is 10.0. The molecule has 6 heteroatoms. The topological polar surface area (TPSA) is 67.9 Å². The van der Waals surface area contributed by atoms with Crippen LogP contribution in [-0.2, 0) is 19.2 Å². The molecule has 2 heterocycles. The number of rotatable bonds is 4. The highest BCUT2D eigenvalue weighted by Gasteiger charge is 2.44. The summed E-state index contributed by atoms with van der Waals surface area (Å²) in [5, 5.41) is 0. The van der Waals surface area contributed by atoms with Crippen LogP contribution in [0.5, 0.6) is 0 Å². The molecule has 3 fully saturated rings. The molecule has 1 N–H and O–H groups in total. The van der Waals surface area contributed by atoms with Crippen LogP contribution in [0.15, 0.2) is 0 Å². The van der Waals surface area contributed by atoms with Crippen molar-refractivity contribution in [3.63, 3.8) is 0 Å². The van der Waals surface area contributed by atoms with Crippen molar-refractivity contribution < 1.29 is 19.2 Å². The molecular formula is C15H24N2O4. The third-order valence-corrected chi connectivity index (χ3v) is 4.73. The first-order valence-corrected chi connectivity index (χ1v) is 8.00. The summed E-state index contributed by atoms with van der Waals surface area (Å²) < 4.78 is 5.20. The summed E-state index contributed by atoms with van der Waals surface area (Å²) in [5.74, 6) is 0.548. The summed E-state index contributed by atoms with van der Waals surface area (Å²) in [4.78, 5) is 31.9. The first-order valence-electron chi connectivity index (χ1n) is 8.00. The molecule has 0 spiro atoms. The standard InChI is InChI=1S/C15H24N2O4/c1-10-8-12(10)15(19)17-6-3-2-4-13(17)14(18)16-21-11-5-7-20-9-11/h10-13H,2-9H2,1H3,(H,16,18). The fraction of sp³-hybridized carbons (Fsp3) is 0.867. The zero-order valence-corrected chi connectivity index (χ0v) is 12.5. The van der Waals surface area contributed by atoms with E-state index in [0.717, 1.165) is 32.1 Å². The number of hydroxylamine groups is 1. The van der Waals surface area contributed by atoms with Gasteiger partial charge in [-0.25, -0.2) is 5.48 Å². The molecule has 0 aromatic heterocycles. The molecule has 1 saturated carbocycles. The number of amides is 2. The lowest BCUT2D eigenvalue weighted by Crippen LogP contribution is -2.53. The Kier molecular flexibility index (Phi) is 4.45. The highest BCUT2D eigenvalue weighted by atomic mass is 16.7. The number of piperidine rings is 1. The number of nitrogens with one attached hydrogen (secondary N) is 1. The smallest absolute Gasteiger partial charge is 0.266 e. The number of nitrogens with zero attached hydrogens (tertiary/aromatic N) is 1. The van der Waals surface area contributed by atoms with E-state index >= 15 is 0 Å². The molecule has 2 amide bonds. The summed E-state index contributed by atoms with van der Waals surface area (Å²) in [6.45, 7) is 3.97. The van der Waals surface area contributed by atoms with E-state index in [0.29, 0.717) is 25.7 Å². The predicted molar refractivity (Wildman–Crippen MR) is 75.1 cm³/mol. The van der Waals surface area contributed by atoms with E-state index in [1.54, 1.807) is 4.90 Å². The van der Waals surface area contributed by atoms with Crippen LogP contribution in [0.1, 0.15) is 39.0 Å².